The van der Waals surface area contributed by atoms with Crippen molar-refractivity contribution in [1.82, 2.24) is 0 Å². The highest BCUT2D eigenvalue weighted by Crippen LogP contribution is 2.63. The molecular weight excluding hydrogens is 160 g/mol. The van der Waals surface area contributed by atoms with Crippen molar-refractivity contribution in [2.24, 2.45) is 23.2 Å². The van der Waals surface area contributed by atoms with Gasteiger partial charge in [0.1, 0.15) is 0 Å². The highest BCUT2D eigenvalue weighted by Gasteiger charge is 2.57. The van der Waals surface area contributed by atoms with Crippen LogP contribution in [0.3, 0.4) is 0 Å². The zero-order valence-corrected chi connectivity index (χ0v) is 8.75. The molecule has 1 heteroatoms. The Bertz CT molecular complexity index is 223. The second-order valence-electron chi connectivity index (χ2n) is 5.61. The molecule has 1 nitrogen and oxygen atoms in total. The largest absolute Gasteiger partial charge is 0.378 e. The summed E-state index contributed by atoms with van der Waals surface area (Å²) in [6.45, 7) is 5.77. The van der Waals surface area contributed by atoms with Crippen LogP contribution >= 0.6 is 0 Å². The highest BCUT2D eigenvalue weighted by molar-refractivity contribution is 5.06. The van der Waals surface area contributed by atoms with E-state index in [1.807, 2.05) is 0 Å². The van der Waals surface area contributed by atoms with Crippen LogP contribution in [-0.4, -0.2) is 12.7 Å². The minimum Gasteiger partial charge on any atom is -0.378 e. The average molecular weight is 180 g/mol. The van der Waals surface area contributed by atoms with E-state index >= 15 is 0 Å². The molecule has 1 heterocycles. The number of hydrogen-bond donors (Lipinski definition) is 0. The van der Waals surface area contributed by atoms with Crippen LogP contribution in [-0.2, 0) is 4.74 Å². The first-order chi connectivity index (χ1) is 6.22. The van der Waals surface area contributed by atoms with Crippen molar-refractivity contribution < 1.29 is 4.74 Å². The van der Waals surface area contributed by atoms with E-state index in [9.17, 15) is 0 Å². The quantitative estimate of drug-likeness (QED) is 0.557. The van der Waals surface area contributed by atoms with Gasteiger partial charge in [0.05, 0.1) is 6.10 Å². The summed E-state index contributed by atoms with van der Waals surface area (Å²) >= 11 is 0. The van der Waals surface area contributed by atoms with Crippen LogP contribution in [0, 0.1) is 23.2 Å². The molecule has 0 aromatic heterocycles. The molecule has 3 fully saturated rings. The fourth-order valence-corrected chi connectivity index (χ4v) is 4.34. The van der Waals surface area contributed by atoms with Gasteiger partial charge in [0, 0.05) is 12.0 Å². The first-order valence-electron chi connectivity index (χ1n) is 5.84. The van der Waals surface area contributed by atoms with Gasteiger partial charge in [0.2, 0.25) is 0 Å². The van der Waals surface area contributed by atoms with E-state index in [-0.39, 0.29) is 0 Å². The molecule has 1 aliphatic heterocycles. The molecule has 0 aromatic carbocycles. The average Bonchev–Trinajstić information content (AvgIpc) is 2.70. The molecule has 3 aliphatic rings. The van der Waals surface area contributed by atoms with Gasteiger partial charge >= 0.3 is 0 Å². The molecule has 2 saturated carbocycles. The molecule has 0 amide bonds. The molecule has 2 bridgehead atoms. The Kier molecular flexibility index (Phi) is 1.59. The molecule has 0 aromatic rings. The van der Waals surface area contributed by atoms with E-state index in [1.165, 1.54) is 25.7 Å². The van der Waals surface area contributed by atoms with Gasteiger partial charge in [-0.25, -0.2) is 0 Å². The van der Waals surface area contributed by atoms with Gasteiger partial charge in [-0.3, -0.25) is 0 Å². The van der Waals surface area contributed by atoms with E-state index in [2.05, 4.69) is 13.8 Å². The van der Waals surface area contributed by atoms with Crippen LogP contribution in [0.25, 0.3) is 0 Å². The second-order valence-corrected chi connectivity index (χ2v) is 5.61. The minimum absolute atomic E-state index is 0.551. The number of ether oxygens (including phenoxy) is 1. The topological polar surface area (TPSA) is 9.23 Å². The van der Waals surface area contributed by atoms with Gasteiger partial charge in [-0.15, -0.1) is 0 Å². The molecule has 13 heavy (non-hydrogen) atoms. The van der Waals surface area contributed by atoms with Crippen LogP contribution in [0.4, 0.5) is 0 Å². The van der Waals surface area contributed by atoms with E-state index in [0.717, 1.165) is 24.4 Å². The summed E-state index contributed by atoms with van der Waals surface area (Å²) in [5, 5.41) is 0. The van der Waals surface area contributed by atoms with Crippen molar-refractivity contribution in [3.8, 4) is 0 Å². The molecule has 0 radical (unpaired) electrons. The highest BCUT2D eigenvalue weighted by atomic mass is 16.5. The molecule has 2 aliphatic carbocycles. The lowest BCUT2D eigenvalue weighted by atomic mass is 9.67. The van der Waals surface area contributed by atoms with Gasteiger partial charge in [0.15, 0.2) is 0 Å². The lowest BCUT2D eigenvalue weighted by molar-refractivity contribution is 0.0235. The van der Waals surface area contributed by atoms with Crippen molar-refractivity contribution in [2.45, 2.75) is 45.6 Å². The molecular formula is C12H20O. The van der Waals surface area contributed by atoms with Crippen LogP contribution in [0.5, 0.6) is 0 Å². The summed E-state index contributed by atoms with van der Waals surface area (Å²) in [5.74, 6) is 3.04. The van der Waals surface area contributed by atoms with E-state index in [0.29, 0.717) is 11.5 Å². The molecule has 74 valence electrons. The predicted octanol–water partition coefficient (Wildman–Crippen LogP) is 2.85. The molecule has 5 unspecified atom stereocenters. The maximum atomic E-state index is 5.78. The Labute approximate surface area is 80.8 Å². The first-order valence-corrected chi connectivity index (χ1v) is 5.84. The number of fused-ring (bicyclic) bond motifs is 3. The fraction of sp³-hybridized carbons (Fsp3) is 1.00. The van der Waals surface area contributed by atoms with Crippen LogP contribution < -0.4 is 0 Å². The normalized spacial score (nSPS) is 59.5. The molecule has 1 saturated heterocycles. The number of rotatable bonds is 0. The first kappa shape index (κ1) is 8.28. The van der Waals surface area contributed by atoms with Gasteiger partial charge in [0.25, 0.3) is 0 Å². The Hall–Kier alpha value is -0.0400. The molecule has 3 rings (SSSR count). The standard InChI is InChI=1S/C12H20O/c1-8-5-11-6-10(8)7-12(11)3-4-13-9(12)2/h8-11H,3-7H2,1-2H3. The van der Waals surface area contributed by atoms with Gasteiger partial charge in [-0.1, -0.05) is 6.92 Å². The van der Waals surface area contributed by atoms with E-state index < -0.39 is 0 Å². The van der Waals surface area contributed by atoms with Gasteiger partial charge in [-0.05, 0) is 50.4 Å². The summed E-state index contributed by atoms with van der Waals surface area (Å²) in [6.07, 6.45) is 6.37. The van der Waals surface area contributed by atoms with Crippen LogP contribution in [0.1, 0.15) is 39.5 Å². The van der Waals surface area contributed by atoms with E-state index in [1.54, 1.807) is 0 Å². The predicted molar refractivity (Wildman–Crippen MR) is 52.5 cm³/mol. The minimum atomic E-state index is 0.551. The maximum Gasteiger partial charge on any atom is 0.0606 e. The number of hydrogen-bond acceptors (Lipinski definition) is 1. The molecule has 0 N–H and O–H groups in total. The third-order valence-corrected chi connectivity index (χ3v) is 5.25. The van der Waals surface area contributed by atoms with Gasteiger partial charge < -0.3 is 4.74 Å². The Morgan fingerprint density at radius 2 is 2.08 bits per heavy atom. The maximum absolute atomic E-state index is 5.78. The van der Waals surface area contributed by atoms with E-state index in [4.69, 9.17) is 4.74 Å². The lowest BCUT2D eigenvalue weighted by Crippen LogP contribution is -2.35. The summed E-state index contributed by atoms with van der Waals surface area (Å²) < 4.78 is 5.78. The lowest BCUT2D eigenvalue weighted by Gasteiger charge is -2.38. The summed E-state index contributed by atoms with van der Waals surface area (Å²) in [7, 11) is 0. The monoisotopic (exact) mass is 180 g/mol. The van der Waals surface area contributed by atoms with Crippen molar-refractivity contribution in [3.05, 3.63) is 0 Å². The summed E-state index contributed by atoms with van der Waals surface area (Å²) in [6, 6.07) is 0. The van der Waals surface area contributed by atoms with Crippen LogP contribution in [0.2, 0.25) is 0 Å². The summed E-state index contributed by atoms with van der Waals surface area (Å²) in [4.78, 5) is 0. The third kappa shape index (κ3) is 0.918. The Morgan fingerprint density at radius 1 is 1.23 bits per heavy atom. The van der Waals surface area contributed by atoms with Crippen molar-refractivity contribution in [2.75, 3.05) is 6.61 Å². The fourth-order valence-electron chi connectivity index (χ4n) is 4.34. The molecule has 1 spiro atoms. The molecule has 5 atom stereocenters. The third-order valence-electron chi connectivity index (χ3n) is 5.25. The smallest absolute Gasteiger partial charge is 0.0606 e. The van der Waals surface area contributed by atoms with Gasteiger partial charge in [-0.2, -0.15) is 0 Å². The Morgan fingerprint density at radius 3 is 2.54 bits per heavy atom. The van der Waals surface area contributed by atoms with Crippen LogP contribution in [0.15, 0.2) is 0 Å². The van der Waals surface area contributed by atoms with Crippen molar-refractivity contribution >= 4 is 0 Å². The zero-order chi connectivity index (χ0) is 9.05. The summed E-state index contributed by atoms with van der Waals surface area (Å²) in [5.41, 5.74) is 0.622. The second kappa shape index (κ2) is 2.50. The van der Waals surface area contributed by atoms with Crippen molar-refractivity contribution in [1.29, 1.82) is 0 Å². The van der Waals surface area contributed by atoms with Crippen molar-refractivity contribution in [3.63, 3.8) is 0 Å². The Balaban J connectivity index is 1.88. The zero-order valence-electron chi connectivity index (χ0n) is 8.75. The SMILES string of the molecule is CC1CC2CC1CC21CCOC1C.